The highest BCUT2D eigenvalue weighted by Crippen LogP contribution is 2.13. The zero-order valence-electron chi connectivity index (χ0n) is 8.12. The lowest BCUT2D eigenvalue weighted by Gasteiger charge is -2.07. The normalized spacial score (nSPS) is 13.1. The Morgan fingerprint density at radius 3 is 2.71 bits per heavy atom. The summed E-state index contributed by atoms with van der Waals surface area (Å²) in [5, 5.41) is 8.10. The van der Waals surface area contributed by atoms with Crippen LogP contribution in [0.4, 0.5) is 0 Å². The number of hydrogen-bond donors (Lipinski definition) is 1. The quantitative estimate of drug-likeness (QED) is 0.702. The molecule has 2 aromatic rings. The van der Waals surface area contributed by atoms with Gasteiger partial charge >= 0.3 is 0 Å². The average Bonchev–Trinajstić information content (AvgIpc) is 2.73. The predicted molar refractivity (Wildman–Crippen MR) is 50.2 cm³/mol. The van der Waals surface area contributed by atoms with E-state index in [1.54, 1.807) is 19.4 Å². The molecule has 6 nitrogen and oxygen atoms in total. The van der Waals surface area contributed by atoms with Gasteiger partial charge in [-0.3, -0.25) is 0 Å². The van der Waals surface area contributed by atoms with Crippen LogP contribution in [0.15, 0.2) is 18.6 Å². The Kier molecular flexibility index (Phi) is 2.05. The van der Waals surface area contributed by atoms with Gasteiger partial charge in [-0.05, 0) is 0 Å². The molecular formula is C8H12N6. The molecule has 0 bridgehead atoms. The van der Waals surface area contributed by atoms with Crippen molar-refractivity contribution >= 4 is 0 Å². The van der Waals surface area contributed by atoms with Crippen LogP contribution in [0.1, 0.15) is 17.6 Å². The first-order chi connectivity index (χ1) is 6.68. The fourth-order valence-electron chi connectivity index (χ4n) is 1.31. The lowest BCUT2D eigenvalue weighted by molar-refractivity contribution is 0.625. The van der Waals surface area contributed by atoms with Crippen molar-refractivity contribution in [1.29, 1.82) is 0 Å². The van der Waals surface area contributed by atoms with Crippen LogP contribution in [0.2, 0.25) is 0 Å². The maximum Gasteiger partial charge on any atom is 0.131 e. The molecule has 0 saturated carbocycles. The van der Waals surface area contributed by atoms with Crippen LogP contribution < -0.4 is 5.73 Å². The SMILES string of the molecule is Cn1ncc(C(N)c2nccn2C)n1. The number of hydrogen-bond acceptors (Lipinski definition) is 4. The van der Waals surface area contributed by atoms with Gasteiger partial charge in [0.1, 0.15) is 17.6 Å². The van der Waals surface area contributed by atoms with Crippen molar-refractivity contribution < 1.29 is 0 Å². The first kappa shape index (κ1) is 8.89. The Hall–Kier alpha value is -1.69. The molecule has 0 aliphatic carbocycles. The van der Waals surface area contributed by atoms with E-state index in [4.69, 9.17) is 5.73 Å². The van der Waals surface area contributed by atoms with E-state index in [2.05, 4.69) is 15.2 Å². The van der Waals surface area contributed by atoms with Gasteiger partial charge in [-0.2, -0.15) is 15.0 Å². The van der Waals surface area contributed by atoms with Gasteiger partial charge in [-0.25, -0.2) is 4.98 Å². The smallest absolute Gasteiger partial charge is 0.131 e. The number of aryl methyl sites for hydroxylation is 2. The number of imidazole rings is 1. The lowest BCUT2D eigenvalue weighted by Crippen LogP contribution is -2.17. The Morgan fingerprint density at radius 2 is 2.21 bits per heavy atom. The second-order valence-corrected chi connectivity index (χ2v) is 3.13. The summed E-state index contributed by atoms with van der Waals surface area (Å²) in [6.07, 6.45) is 5.22. The van der Waals surface area contributed by atoms with Crippen LogP contribution in [-0.4, -0.2) is 24.5 Å². The van der Waals surface area contributed by atoms with Crippen LogP contribution in [0.5, 0.6) is 0 Å². The maximum atomic E-state index is 5.98. The molecule has 0 aliphatic heterocycles. The van der Waals surface area contributed by atoms with Crippen molar-refractivity contribution in [3.8, 4) is 0 Å². The van der Waals surface area contributed by atoms with Crippen LogP contribution in [0.3, 0.4) is 0 Å². The summed E-state index contributed by atoms with van der Waals surface area (Å²) in [5.74, 6) is 0.783. The standard InChI is InChI=1S/C8H12N6/c1-13-4-3-10-8(13)7(9)6-5-11-14(2)12-6/h3-5,7H,9H2,1-2H3. The number of nitrogens with two attached hydrogens (primary N) is 1. The molecule has 1 atom stereocenters. The highest BCUT2D eigenvalue weighted by Gasteiger charge is 2.15. The van der Waals surface area contributed by atoms with Crippen molar-refractivity contribution in [1.82, 2.24) is 24.5 Å². The van der Waals surface area contributed by atoms with E-state index in [0.29, 0.717) is 0 Å². The molecule has 6 heteroatoms. The van der Waals surface area contributed by atoms with E-state index < -0.39 is 0 Å². The Labute approximate surface area is 81.4 Å². The van der Waals surface area contributed by atoms with Gasteiger partial charge in [0.15, 0.2) is 0 Å². The summed E-state index contributed by atoms with van der Waals surface area (Å²) in [5.41, 5.74) is 6.70. The second-order valence-electron chi connectivity index (χ2n) is 3.13. The van der Waals surface area contributed by atoms with Gasteiger partial charge in [-0.15, -0.1) is 0 Å². The molecule has 0 amide bonds. The van der Waals surface area contributed by atoms with Gasteiger partial charge in [-0.1, -0.05) is 0 Å². The molecule has 2 rings (SSSR count). The van der Waals surface area contributed by atoms with Crippen molar-refractivity contribution in [3.05, 3.63) is 30.1 Å². The summed E-state index contributed by atoms with van der Waals surface area (Å²) in [6, 6.07) is -0.316. The average molecular weight is 192 g/mol. The topological polar surface area (TPSA) is 74.6 Å². The number of nitrogens with zero attached hydrogens (tertiary/aromatic N) is 5. The Balaban J connectivity index is 2.33. The number of aromatic nitrogens is 5. The second kappa shape index (κ2) is 3.22. The molecule has 74 valence electrons. The zero-order chi connectivity index (χ0) is 10.1. The van der Waals surface area contributed by atoms with E-state index >= 15 is 0 Å². The zero-order valence-corrected chi connectivity index (χ0v) is 8.12. The first-order valence-electron chi connectivity index (χ1n) is 4.27. The highest BCUT2D eigenvalue weighted by atomic mass is 15.4. The van der Waals surface area contributed by atoms with E-state index in [1.165, 1.54) is 4.80 Å². The third kappa shape index (κ3) is 1.39. The molecule has 0 radical (unpaired) electrons. The minimum atomic E-state index is -0.316. The van der Waals surface area contributed by atoms with E-state index in [0.717, 1.165) is 11.5 Å². The van der Waals surface area contributed by atoms with Gasteiger partial charge < -0.3 is 10.3 Å². The summed E-state index contributed by atoms with van der Waals surface area (Å²) < 4.78 is 1.87. The summed E-state index contributed by atoms with van der Waals surface area (Å²) >= 11 is 0. The fraction of sp³-hybridized carbons (Fsp3) is 0.375. The molecule has 2 aromatic heterocycles. The van der Waals surface area contributed by atoms with Crippen LogP contribution in [0, 0.1) is 0 Å². The fourth-order valence-corrected chi connectivity index (χ4v) is 1.31. The largest absolute Gasteiger partial charge is 0.336 e. The van der Waals surface area contributed by atoms with Crippen LogP contribution in [0.25, 0.3) is 0 Å². The summed E-state index contributed by atoms with van der Waals surface area (Å²) in [7, 11) is 3.66. The van der Waals surface area contributed by atoms with Crippen molar-refractivity contribution in [2.75, 3.05) is 0 Å². The number of rotatable bonds is 2. The summed E-state index contributed by atoms with van der Waals surface area (Å²) in [4.78, 5) is 5.65. The first-order valence-corrected chi connectivity index (χ1v) is 4.27. The third-order valence-electron chi connectivity index (χ3n) is 2.07. The molecule has 2 heterocycles. The molecule has 14 heavy (non-hydrogen) atoms. The monoisotopic (exact) mass is 192 g/mol. The van der Waals surface area contributed by atoms with Gasteiger partial charge in [0.05, 0.1) is 6.20 Å². The predicted octanol–water partition coefficient (Wildman–Crippen LogP) is -0.403. The lowest BCUT2D eigenvalue weighted by atomic mass is 10.2. The van der Waals surface area contributed by atoms with Crippen molar-refractivity contribution in [2.24, 2.45) is 19.8 Å². The molecule has 0 aromatic carbocycles. The molecule has 2 N–H and O–H groups in total. The minimum Gasteiger partial charge on any atom is -0.336 e. The highest BCUT2D eigenvalue weighted by molar-refractivity contribution is 5.12. The van der Waals surface area contributed by atoms with Crippen LogP contribution >= 0.6 is 0 Å². The molecule has 0 saturated heterocycles. The van der Waals surface area contributed by atoms with Crippen LogP contribution in [-0.2, 0) is 14.1 Å². The minimum absolute atomic E-state index is 0.316. The van der Waals surface area contributed by atoms with Crippen molar-refractivity contribution in [2.45, 2.75) is 6.04 Å². The van der Waals surface area contributed by atoms with Gasteiger partial charge in [0, 0.05) is 26.5 Å². The molecule has 0 aliphatic rings. The van der Waals surface area contributed by atoms with Gasteiger partial charge in [0.2, 0.25) is 0 Å². The summed E-state index contributed by atoms with van der Waals surface area (Å²) in [6.45, 7) is 0. The third-order valence-corrected chi connectivity index (χ3v) is 2.07. The Morgan fingerprint density at radius 1 is 1.43 bits per heavy atom. The molecule has 0 spiro atoms. The molecule has 0 fully saturated rings. The van der Waals surface area contributed by atoms with E-state index in [-0.39, 0.29) is 6.04 Å². The molecular weight excluding hydrogens is 180 g/mol. The maximum absolute atomic E-state index is 5.98. The van der Waals surface area contributed by atoms with E-state index in [1.807, 2.05) is 17.8 Å². The van der Waals surface area contributed by atoms with E-state index in [9.17, 15) is 0 Å². The molecule has 1 unspecified atom stereocenters. The van der Waals surface area contributed by atoms with Gasteiger partial charge in [0.25, 0.3) is 0 Å². The van der Waals surface area contributed by atoms with Crippen molar-refractivity contribution in [3.63, 3.8) is 0 Å². The Bertz CT molecular complexity index is 428.